The van der Waals surface area contributed by atoms with Gasteiger partial charge in [0.1, 0.15) is 31.9 Å². The van der Waals surface area contributed by atoms with Crippen molar-refractivity contribution in [3.8, 4) is 17.2 Å². The molecule has 2 saturated heterocycles. The lowest BCUT2D eigenvalue weighted by molar-refractivity contribution is 0.173. The van der Waals surface area contributed by atoms with E-state index in [-0.39, 0.29) is 0 Å². The predicted molar refractivity (Wildman–Crippen MR) is 189 cm³/mol. The van der Waals surface area contributed by atoms with Gasteiger partial charge in [-0.15, -0.1) is 0 Å². The first-order valence-corrected chi connectivity index (χ1v) is 19.3. The molecule has 2 N–H and O–H groups in total. The SMILES string of the molecule is COc1cc(N2CCC(N3CC[C@H](N(C)C)C3)CC2)c(C)cc1Nc1ncc(Br)c(Nc2ccc3c(c2P(C)(C)=O)OCCO3)n1. The topological polar surface area (TPSA) is 104 Å². The van der Waals surface area contributed by atoms with E-state index in [1.165, 1.54) is 38.0 Å². The molecule has 1 atom stereocenters. The summed E-state index contributed by atoms with van der Waals surface area (Å²) in [6.07, 6.45) is 5.28. The van der Waals surface area contributed by atoms with Crippen molar-refractivity contribution in [3.05, 3.63) is 40.5 Å². The third-order valence-corrected chi connectivity index (χ3v) is 11.3. The number of fused-ring (bicyclic) bond motifs is 1. The first-order chi connectivity index (χ1) is 22.0. The Morgan fingerprint density at radius 2 is 1.80 bits per heavy atom. The summed E-state index contributed by atoms with van der Waals surface area (Å²) in [4.78, 5) is 16.8. The van der Waals surface area contributed by atoms with Crippen LogP contribution in [0.25, 0.3) is 0 Å². The maximum absolute atomic E-state index is 13.4. The molecule has 0 saturated carbocycles. The molecular weight excluding hydrogens is 669 g/mol. The van der Waals surface area contributed by atoms with Crippen LogP contribution in [0.3, 0.4) is 0 Å². The van der Waals surface area contributed by atoms with Crippen LogP contribution in [-0.4, -0.2) is 106 Å². The van der Waals surface area contributed by atoms with E-state index in [2.05, 4.69) is 79.4 Å². The second-order valence-corrected chi connectivity index (χ2v) is 16.9. The van der Waals surface area contributed by atoms with E-state index >= 15 is 0 Å². The van der Waals surface area contributed by atoms with Gasteiger partial charge in [0, 0.05) is 56.2 Å². The van der Waals surface area contributed by atoms with Crippen LogP contribution < -0.4 is 35.0 Å². The number of halogens is 1. The van der Waals surface area contributed by atoms with Gasteiger partial charge in [0.2, 0.25) is 5.95 Å². The minimum Gasteiger partial charge on any atom is -0.494 e. The van der Waals surface area contributed by atoms with Crippen molar-refractivity contribution in [3.63, 3.8) is 0 Å². The minimum absolute atomic E-state index is 0.397. The molecule has 0 amide bonds. The molecule has 0 spiro atoms. The van der Waals surface area contributed by atoms with Crippen molar-refractivity contribution in [1.29, 1.82) is 0 Å². The average Bonchev–Trinajstić information content (AvgIpc) is 3.53. The number of nitrogens with zero attached hydrogens (tertiary/aromatic N) is 5. The molecule has 3 aliphatic rings. The quantitative estimate of drug-likeness (QED) is 0.268. The van der Waals surface area contributed by atoms with Gasteiger partial charge in [-0.05, 0) is 93.3 Å². The number of ether oxygens (including phenoxy) is 3. The molecule has 13 heteroatoms. The van der Waals surface area contributed by atoms with E-state index in [0.717, 1.165) is 30.1 Å². The van der Waals surface area contributed by atoms with Crippen molar-refractivity contribution >= 4 is 57.2 Å². The van der Waals surface area contributed by atoms with E-state index in [1.807, 2.05) is 12.1 Å². The summed E-state index contributed by atoms with van der Waals surface area (Å²) < 4.78 is 31.6. The Balaban J connectivity index is 1.18. The van der Waals surface area contributed by atoms with Crippen molar-refractivity contribution in [1.82, 2.24) is 19.8 Å². The average molecular weight is 715 g/mol. The minimum atomic E-state index is -2.75. The number of likely N-dealkylation sites (N-methyl/N-ethyl adjacent to an activating group) is 1. The lowest BCUT2D eigenvalue weighted by Crippen LogP contribution is -2.45. The summed E-state index contributed by atoms with van der Waals surface area (Å²) in [7, 11) is 3.33. The number of likely N-dealkylation sites (tertiary alicyclic amines) is 1. The van der Waals surface area contributed by atoms with Gasteiger partial charge >= 0.3 is 0 Å². The fraction of sp³-hybridized carbons (Fsp3) is 0.515. The summed E-state index contributed by atoms with van der Waals surface area (Å²) >= 11 is 3.58. The normalized spacial score (nSPS) is 19.0. The Morgan fingerprint density at radius 3 is 2.50 bits per heavy atom. The maximum atomic E-state index is 13.4. The maximum Gasteiger partial charge on any atom is 0.229 e. The zero-order chi connectivity index (χ0) is 32.6. The second-order valence-electron chi connectivity index (χ2n) is 12.9. The highest BCUT2D eigenvalue weighted by Gasteiger charge is 2.32. The number of aromatic nitrogens is 2. The van der Waals surface area contributed by atoms with E-state index in [1.54, 1.807) is 26.6 Å². The highest BCUT2D eigenvalue weighted by atomic mass is 79.9. The highest BCUT2D eigenvalue weighted by molar-refractivity contribution is 9.10. The molecule has 0 aliphatic carbocycles. The molecule has 3 aromatic rings. The number of hydrogen-bond acceptors (Lipinski definition) is 11. The van der Waals surface area contributed by atoms with Gasteiger partial charge < -0.3 is 39.2 Å². The van der Waals surface area contributed by atoms with Crippen LogP contribution in [0.5, 0.6) is 17.2 Å². The molecule has 11 nitrogen and oxygen atoms in total. The third kappa shape index (κ3) is 6.95. The largest absolute Gasteiger partial charge is 0.494 e. The highest BCUT2D eigenvalue weighted by Crippen LogP contribution is 2.47. The number of rotatable bonds is 9. The van der Waals surface area contributed by atoms with Crippen molar-refractivity contribution in [2.75, 3.05) is 89.5 Å². The van der Waals surface area contributed by atoms with Gasteiger partial charge in [0.25, 0.3) is 0 Å². The Bertz CT molecular complexity index is 1630. The second kappa shape index (κ2) is 13.6. The molecule has 2 aromatic carbocycles. The van der Waals surface area contributed by atoms with E-state index < -0.39 is 7.14 Å². The van der Waals surface area contributed by atoms with Crippen LogP contribution in [-0.2, 0) is 4.57 Å². The van der Waals surface area contributed by atoms with Crippen molar-refractivity contribution in [2.24, 2.45) is 0 Å². The van der Waals surface area contributed by atoms with Crippen LogP contribution in [0.15, 0.2) is 34.9 Å². The number of aryl methyl sites for hydroxylation is 1. The van der Waals surface area contributed by atoms with Crippen LogP contribution in [0.2, 0.25) is 0 Å². The molecule has 0 bridgehead atoms. The summed E-state index contributed by atoms with van der Waals surface area (Å²) in [6, 6.07) is 9.22. The fourth-order valence-corrected chi connectivity index (χ4v) is 8.44. The first kappa shape index (κ1) is 32.9. The lowest BCUT2D eigenvalue weighted by Gasteiger charge is -2.38. The van der Waals surface area contributed by atoms with Gasteiger partial charge in [-0.25, -0.2) is 4.98 Å². The smallest absolute Gasteiger partial charge is 0.229 e. The van der Waals surface area contributed by atoms with Gasteiger partial charge in [0.05, 0.1) is 28.3 Å². The fourth-order valence-electron chi connectivity index (χ4n) is 6.78. The molecule has 248 valence electrons. The Labute approximate surface area is 280 Å². The van der Waals surface area contributed by atoms with Gasteiger partial charge in [-0.1, -0.05) is 0 Å². The van der Waals surface area contributed by atoms with E-state index in [9.17, 15) is 4.57 Å². The zero-order valence-electron chi connectivity index (χ0n) is 27.6. The van der Waals surface area contributed by atoms with Crippen molar-refractivity contribution in [2.45, 2.75) is 38.3 Å². The molecule has 3 aliphatic heterocycles. The van der Waals surface area contributed by atoms with E-state index in [4.69, 9.17) is 19.2 Å². The summed E-state index contributed by atoms with van der Waals surface area (Å²) in [5.74, 6) is 2.76. The van der Waals surface area contributed by atoms with Crippen LogP contribution >= 0.6 is 23.1 Å². The first-order valence-electron chi connectivity index (χ1n) is 15.9. The number of methoxy groups -OCH3 is 1. The molecule has 0 radical (unpaired) electrons. The molecule has 2 fully saturated rings. The molecular formula is C33H45BrN7O4P. The van der Waals surface area contributed by atoms with Gasteiger partial charge in [0.15, 0.2) is 11.5 Å². The standard InChI is InChI=1S/C33H45BrN7O4P/c1-21-17-26(29(43-4)18-27(21)40-12-9-22(10-13-40)41-14-11-23(20-41)39(2)3)37-33-35-19-24(34)32(38-33)36-25-7-8-28-30(45-16-15-44-28)31(25)46(5,6)42/h7-8,17-19,22-23H,9-16,20H2,1-6H3,(H2,35,36,37,38)/t23-/m0/s1. The van der Waals surface area contributed by atoms with Gasteiger partial charge in [-0.2, -0.15) is 4.98 Å². The molecule has 46 heavy (non-hydrogen) atoms. The molecule has 4 heterocycles. The summed E-state index contributed by atoms with van der Waals surface area (Å²) in [5, 5.41) is 7.32. The van der Waals surface area contributed by atoms with Crippen LogP contribution in [0, 0.1) is 6.92 Å². The number of hydrogen-bond donors (Lipinski definition) is 2. The Morgan fingerprint density at radius 1 is 1.04 bits per heavy atom. The van der Waals surface area contributed by atoms with E-state index in [0.29, 0.717) is 64.0 Å². The Hall–Kier alpha value is -3.05. The third-order valence-electron chi connectivity index (χ3n) is 9.23. The lowest BCUT2D eigenvalue weighted by atomic mass is 10.0. The van der Waals surface area contributed by atoms with Crippen LogP contribution in [0.4, 0.5) is 28.8 Å². The predicted octanol–water partition coefficient (Wildman–Crippen LogP) is 5.67. The summed E-state index contributed by atoms with van der Waals surface area (Å²) in [6.45, 7) is 10.9. The number of anilines is 5. The zero-order valence-corrected chi connectivity index (χ0v) is 30.1. The number of nitrogens with one attached hydrogen (secondary N) is 2. The van der Waals surface area contributed by atoms with Gasteiger partial charge in [-0.3, -0.25) is 4.90 Å². The molecule has 1 aromatic heterocycles. The molecule has 0 unspecified atom stereocenters. The monoisotopic (exact) mass is 713 g/mol. The summed E-state index contributed by atoms with van der Waals surface area (Å²) in [5.41, 5.74) is 3.79. The molecule has 6 rings (SSSR count). The van der Waals surface area contributed by atoms with Crippen LogP contribution in [0.1, 0.15) is 24.8 Å². The number of benzene rings is 2. The van der Waals surface area contributed by atoms with Crippen molar-refractivity contribution < 1.29 is 18.8 Å². The Kier molecular flexibility index (Phi) is 9.71. The number of piperidine rings is 1.